The van der Waals surface area contributed by atoms with E-state index < -0.39 is 17.5 Å². The van der Waals surface area contributed by atoms with Gasteiger partial charge in [-0.1, -0.05) is 0 Å². The van der Waals surface area contributed by atoms with E-state index >= 15 is 0 Å². The van der Waals surface area contributed by atoms with Crippen LogP contribution < -0.4 is 5.32 Å². The van der Waals surface area contributed by atoms with Crippen molar-refractivity contribution in [2.75, 3.05) is 7.05 Å². The summed E-state index contributed by atoms with van der Waals surface area (Å²) < 4.78 is 5.30. The van der Waals surface area contributed by atoms with Crippen LogP contribution in [-0.4, -0.2) is 34.6 Å². The van der Waals surface area contributed by atoms with Gasteiger partial charge >= 0.3 is 12.0 Å². The highest BCUT2D eigenvalue weighted by Gasteiger charge is 2.35. The molecule has 0 saturated carbocycles. The SMILES string of the molecule is Cc1ccc(CNC(=O)N(C)C(C)(C)C(=O)O)o1. The van der Waals surface area contributed by atoms with Gasteiger partial charge in [0.15, 0.2) is 0 Å². The first-order chi connectivity index (χ1) is 8.25. The minimum atomic E-state index is -1.26. The third-order valence-corrected chi connectivity index (χ3v) is 2.88. The number of amides is 2. The molecule has 0 saturated heterocycles. The fourth-order valence-electron chi connectivity index (χ4n) is 1.26. The average molecular weight is 254 g/mol. The first-order valence-electron chi connectivity index (χ1n) is 5.55. The van der Waals surface area contributed by atoms with Gasteiger partial charge in [0.25, 0.3) is 0 Å². The van der Waals surface area contributed by atoms with E-state index in [0.29, 0.717) is 5.76 Å². The molecule has 0 bridgehead atoms. The van der Waals surface area contributed by atoms with Crippen molar-refractivity contribution in [2.45, 2.75) is 32.9 Å². The summed E-state index contributed by atoms with van der Waals surface area (Å²) in [6.45, 7) is 4.97. The summed E-state index contributed by atoms with van der Waals surface area (Å²) in [7, 11) is 1.44. The van der Waals surface area contributed by atoms with Crippen molar-refractivity contribution in [1.29, 1.82) is 0 Å². The van der Waals surface area contributed by atoms with Crippen LogP contribution in [0.3, 0.4) is 0 Å². The van der Waals surface area contributed by atoms with Gasteiger partial charge in [-0.25, -0.2) is 9.59 Å². The molecule has 0 aromatic carbocycles. The first-order valence-corrected chi connectivity index (χ1v) is 5.55. The predicted octanol–water partition coefficient (Wildman–Crippen LogP) is 1.59. The fraction of sp³-hybridized carbons (Fsp3) is 0.500. The van der Waals surface area contributed by atoms with Gasteiger partial charge in [-0.3, -0.25) is 0 Å². The quantitative estimate of drug-likeness (QED) is 0.854. The number of carboxylic acids is 1. The number of likely N-dealkylation sites (N-methyl/N-ethyl adjacent to an activating group) is 1. The Labute approximate surface area is 106 Å². The van der Waals surface area contributed by atoms with Crippen molar-refractivity contribution in [3.8, 4) is 0 Å². The van der Waals surface area contributed by atoms with Crippen LogP contribution in [0.2, 0.25) is 0 Å². The summed E-state index contributed by atoms with van der Waals surface area (Å²) in [6.07, 6.45) is 0. The Kier molecular flexibility index (Phi) is 4.00. The second-order valence-corrected chi connectivity index (χ2v) is 4.59. The summed E-state index contributed by atoms with van der Waals surface area (Å²) in [5.41, 5.74) is -1.26. The predicted molar refractivity (Wildman–Crippen MR) is 65.2 cm³/mol. The van der Waals surface area contributed by atoms with Crippen molar-refractivity contribution in [3.05, 3.63) is 23.7 Å². The minimum Gasteiger partial charge on any atom is -0.480 e. The number of aryl methyl sites for hydroxylation is 1. The summed E-state index contributed by atoms with van der Waals surface area (Å²) in [5, 5.41) is 11.6. The summed E-state index contributed by atoms with van der Waals surface area (Å²) in [6, 6.07) is 3.10. The topological polar surface area (TPSA) is 82.8 Å². The summed E-state index contributed by atoms with van der Waals surface area (Å²) in [4.78, 5) is 23.9. The van der Waals surface area contributed by atoms with Crippen LogP contribution in [0.4, 0.5) is 4.79 Å². The van der Waals surface area contributed by atoms with Crippen LogP contribution in [-0.2, 0) is 11.3 Å². The van der Waals surface area contributed by atoms with Gasteiger partial charge in [-0.2, -0.15) is 0 Å². The molecule has 1 rings (SSSR count). The van der Waals surface area contributed by atoms with E-state index in [9.17, 15) is 9.59 Å². The van der Waals surface area contributed by atoms with Crippen molar-refractivity contribution >= 4 is 12.0 Å². The lowest BCUT2D eigenvalue weighted by atomic mass is 10.1. The molecule has 100 valence electrons. The van der Waals surface area contributed by atoms with E-state index in [0.717, 1.165) is 10.7 Å². The highest BCUT2D eigenvalue weighted by molar-refractivity contribution is 5.85. The maximum atomic E-state index is 11.8. The monoisotopic (exact) mass is 254 g/mol. The number of aliphatic carboxylic acids is 1. The molecule has 0 radical (unpaired) electrons. The Morgan fingerprint density at radius 3 is 2.50 bits per heavy atom. The lowest BCUT2D eigenvalue weighted by Gasteiger charge is -2.31. The van der Waals surface area contributed by atoms with E-state index in [4.69, 9.17) is 9.52 Å². The summed E-state index contributed by atoms with van der Waals surface area (Å²) >= 11 is 0. The molecular formula is C12H18N2O4. The molecule has 6 heteroatoms. The van der Waals surface area contributed by atoms with Crippen molar-refractivity contribution in [1.82, 2.24) is 10.2 Å². The second-order valence-electron chi connectivity index (χ2n) is 4.59. The zero-order chi connectivity index (χ0) is 13.9. The van der Waals surface area contributed by atoms with Gasteiger partial charge in [-0.15, -0.1) is 0 Å². The fourth-order valence-corrected chi connectivity index (χ4v) is 1.26. The zero-order valence-corrected chi connectivity index (χ0v) is 11.0. The molecule has 6 nitrogen and oxygen atoms in total. The number of hydrogen-bond acceptors (Lipinski definition) is 3. The normalized spacial score (nSPS) is 11.1. The average Bonchev–Trinajstić information content (AvgIpc) is 2.70. The van der Waals surface area contributed by atoms with Crippen molar-refractivity contribution in [2.24, 2.45) is 0 Å². The first kappa shape index (κ1) is 14.1. The van der Waals surface area contributed by atoms with Gasteiger partial charge in [0.1, 0.15) is 17.1 Å². The van der Waals surface area contributed by atoms with Crippen LogP contribution in [0, 0.1) is 6.92 Å². The van der Waals surface area contributed by atoms with E-state index in [1.807, 2.05) is 6.92 Å². The number of furan rings is 1. The lowest BCUT2D eigenvalue weighted by Crippen LogP contribution is -2.53. The van der Waals surface area contributed by atoms with Crippen LogP contribution in [0.25, 0.3) is 0 Å². The number of carbonyl (C=O) groups excluding carboxylic acids is 1. The highest BCUT2D eigenvalue weighted by Crippen LogP contribution is 2.13. The maximum Gasteiger partial charge on any atom is 0.329 e. The third kappa shape index (κ3) is 3.03. The third-order valence-electron chi connectivity index (χ3n) is 2.88. The second kappa shape index (κ2) is 5.12. The molecule has 0 spiro atoms. The molecule has 2 N–H and O–H groups in total. The Balaban J connectivity index is 2.58. The zero-order valence-electron chi connectivity index (χ0n) is 11.0. The van der Waals surface area contributed by atoms with Gasteiger partial charge in [0.05, 0.1) is 6.54 Å². The molecule has 1 aromatic rings. The largest absolute Gasteiger partial charge is 0.480 e. The minimum absolute atomic E-state index is 0.229. The van der Waals surface area contributed by atoms with Gasteiger partial charge < -0.3 is 19.7 Å². The van der Waals surface area contributed by atoms with Gasteiger partial charge in [-0.05, 0) is 32.9 Å². The smallest absolute Gasteiger partial charge is 0.329 e. The lowest BCUT2D eigenvalue weighted by molar-refractivity contribution is -0.146. The van der Waals surface area contributed by atoms with E-state index in [1.54, 1.807) is 12.1 Å². The summed E-state index contributed by atoms with van der Waals surface area (Å²) in [5.74, 6) is 0.329. The van der Waals surface area contributed by atoms with Gasteiger partial charge in [0.2, 0.25) is 0 Å². The van der Waals surface area contributed by atoms with E-state index in [-0.39, 0.29) is 6.54 Å². The number of carbonyl (C=O) groups is 2. The van der Waals surface area contributed by atoms with E-state index in [1.165, 1.54) is 20.9 Å². The Hall–Kier alpha value is -1.98. The molecule has 0 fully saturated rings. The molecule has 0 unspecified atom stereocenters. The van der Waals surface area contributed by atoms with E-state index in [2.05, 4.69) is 5.32 Å². The Morgan fingerprint density at radius 2 is 2.06 bits per heavy atom. The molecule has 2 amide bonds. The molecule has 0 aliphatic carbocycles. The van der Waals surface area contributed by atoms with Crippen LogP contribution in [0.1, 0.15) is 25.4 Å². The number of rotatable bonds is 4. The molecule has 0 aliphatic heterocycles. The molecular weight excluding hydrogens is 236 g/mol. The Bertz CT molecular complexity index is 451. The number of carboxylic acid groups (broad SMARTS) is 1. The number of hydrogen-bond donors (Lipinski definition) is 2. The molecule has 1 heterocycles. The number of nitrogens with zero attached hydrogens (tertiary/aromatic N) is 1. The standard InChI is InChI=1S/C12H18N2O4/c1-8-5-6-9(18-8)7-13-11(17)14(4)12(2,3)10(15)16/h5-6H,7H2,1-4H3,(H,13,17)(H,15,16). The van der Waals surface area contributed by atoms with Crippen LogP contribution >= 0.6 is 0 Å². The number of urea groups is 1. The van der Waals surface area contributed by atoms with Crippen molar-refractivity contribution < 1.29 is 19.1 Å². The van der Waals surface area contributed by atoms with Gasteiger partial charge in [0, 0.05) is 7.05 Å². The van der Waals surface area contributed by atoms with Crippen molar-refractivity contribution in [3.63, 3.8) is 0 Å². The number of nitrogens with one attached hydrogen (secondary N) is 1. The molecule has 1 aromatic heterocycles. The van der Waals surface area contributed by atoms with Crippen LogP contribution in [0.15, 0.2) is 16.5 Å². The molecule has 0 aliphatic rings. The molecule has 0 atom stereocenters. The van der Waals surface area contributed by atoms with Crippen LogP contribution in [0.5, 0.6) is 0 Å². The highest BCUT2D eigenvalue weighted by atomic mass is 16.4. The molecule has 18 heavy (non-hydrogen) atoms. The Morgan fingerprint density at radius 1 is 1.44 bits per heavy atom. The maximum absolute atomic E-state index is 11.8.